The molecule has 0 fully saturated rings. The van der Waals surface area contributed by atoms with Gasteiger partial charge < -0.3 is 5.32 Å². The van der Waals surface area contributed by atoms with Crippen molar-refractivity contribution in [3.05, 3.63) is 70.0 Å². The maximum Gasteiger partial charge on any atom is 0.126 e. The first-order valence-electron chi connectivity index (χ1n) is 6.63. The van der Waals surface area contributed by atoms with Gasteiger partial charge in [0.15, 0.2) is 0 Å². The molecule has 0 heterocycles. The van der Waals surface area contributed by atoms with Crippen LogP contribution in [0.2, 0.25) is 5.02 Å². The summed E-state index contributed by atoms with van der Waals surface area (Å²) in [5.74, 6) is -1.66. The minimum absolute atomic E-state index is 0.246. The van der Waals surface area contributed by atoms with Crippen molar-refractivity contribution < 1.29 is 13.2 Å². The van der Waals surface area contributed by atoms with Gasteiger partial charge in [-0.3, -0.25) is 0 Å². The third kappa shape index (κ3) is 4.22. The maximum atomic E-state index is 13.3. The van der Waals surface area contributed by atoms with Crippen molar-refractivity contribution in [3.8, 4) is 0 Å². The Morgan fingerprint density at radius 1 is 1.00 bits per heavy atom. The highest BCUT2D eigenvalue weighted by Gasteiger charge is 2.16. The average molecular weight is 314 g/mol. The van der Waals surface area contributed by atoms with Gasteiger partial charge in [-0.15, -0.1) is 0 Å². The molecule has 0 saturated heterocycles. The van der Waals surface area contributed by atoms with Gasteiger partial charge in [-0.2, -0.15) is 0 Å². The molecule has 2 aromatic carbocycles. The molecule has 0 saturated carbocycles. The number of benzene rings is 2. The van der Waals surface area contributed by atoms with Gasteiger partial charge in [-0.05, 0) is 48.4 Å². The second-order valence-corrected chi connectivity index (χ2v) is 5.17. The van der Waals surface area contributed by atoms with Crippen LogP contribution in [0.25, 0.3) is 0 Å². The van der Waals surface area contributed by atoms with E-state index in [1.54, 1.807) is 6.07 Å². The van der Waals surface area contributed by atoms with E-state index in [-0.39, 0.29) is 11.1 Å². The average Bonchev–Trinajstić information content (AvgIpc) is 2.37. The predicted molar refractivity (Wildman–Crippen MR) is 77.9 cm³/mol. The Kier molecular flexibility index (Phi) is 5.26. The molecule has 0 aliphatic heterocycles. The SMILES string of the molecule is CCNC(Cc1cc(F)cc(F)c1)c1ccc(F)cc1Cl. The number of nitrogens with one attached hydrogen (secondary N) is 1. The fraction of sp³-hybridized carbons (Fsp3) is 0.250. The molecule has 1 nitrogen and oxygen atoms in total. The van der Waals surface area contributed by atoms with Crippen molar-refractivity contribution in [2.24, 2.45) is 0 Å². The van der Waals surface area contributed by atoms with Crippen molar-refractivity contribution in [2.75, 3.05) is 6.54 Å². The molecule has 0 aromatic heterocycles. The third-order valence-electron chi connectivity index (χ3n) is 3.15. The van der Waals surface area contributed by atoms with Gasteiger partial charge in [0.2, 0.25) is 0 Å². The van der Waals surface area contributed by atoms with Crippen LogP contribution in [0.1, 0.15) is 24.1 Å². The molecule has 0 radical (unpaired) electrons. The Balaban J connectivity index is 2.30. The highest BCUT2D eigenvalue weighted by molar-refractivity contribution is 6.31. The second-order valence-electron chi connectivity index (χ2n) is 4.76. The summed E-state index contributed by atoms with van der Waals surface area (Å²) in [4.78, 5) is 0. The standard InChI is InChI=1S/C16H15ClF3N/c1-2-21-16(14-4-3-11(18)9-15(14)17)7-10-5-12(19)8-13(20)6-10/h3-6,8-9,16,21H,2,7H2,1H3. The number of rotatable bonds is 5. The first-order valence-corrected chi connectivity index (χ1v) is 7.00. The van der Waals surface area contributed by atoms with Gasteiger partial charge in [0, 0.05) is 17.1 Å². The smallest absolute Gasteiger partial charge is 0.126 e. The van der Waals surface area contributed by atoms with Crippen molar-refractivity contribution >= 4 is 11.6 Å². The van der Waals surface area contributed by atoms with E-state index in [2.05, 4.69) is 5.32 Å². The van der Waals surface area contributed by atoms with Crippen LogP contribution in [0, 0.1) is 17.5 Å². The molecule has 2 rings (SSSR count). The number of hydrogen-bond acceptors (Lipinski definition) is 1. The van der Waals surface area contributed by atoms with Crippen molar-refractivity contribution in [2.45, 2.75) is 19.4 Å². The zero-order valence-electron chi connectivity index (χ0n) is 11.5. The predicted octanol–water partition coefficient (Wildman–Crippen LogP) is 4.65. The summed E-state index contributed by atoms with van der Waals surface area (Å²) in [5.41, 5.74) is 1.21. The number of likely N-dealkylation sites (N-methyl/N-ethyl adjacent to an activating group) is 1. The molecule has 0 aliphatic carbocycles. The first kappa shape index (κ1) is 15.9. The summed E-state index contributed by atoms with van der Waals surface area (Å²) in [6.07, 6.45) is 0.355. The fourth-order valence-corrected chi connectivity index (χ4v) is 2.59. The lowest BCUT2D eigenvalue weighted by Gasteiger charge is -2.20. The van der Waals surface area contributed by atoms with E-state index >= 15 is 0 Å². The van der Waals surface area contributed by atoms with E-state index in [0.29, 0.717) is 24.1 Å². The Hall–Kier alpha value is -1.52. The highest BCUT2D eigenvalue weighted by atomic mass is 35.5. The summed E-state index contributed by atoms with van der Waals surface area (Å²) >= 11 is 6.06. The van der Waals surface area contributed by atoms with Crippen molar-refractivity contribution in [1.82, 2.24) is 5.32 Å². The van der Waals surface area contributed by atoms with Gasteiger partial charge in [-0.25, -0.2) is 13.2 Å². The highest BCUT2D eigenvalue weighted by Crippen LogP contribution is 2.27. The fourth-order valence-electron chi connectivity index (χ4n) is 2.29. The molecule has 0 spiro atoms. The molecular formula is C16H15ClF3N. The molecule has 1 N–H and O–H groups in total. The molecule has 1 atom stereocenters. The Morgan fingerprint density at radius 2 is 1.67 bits per heavy atom. The van der Waals surface area contributed by atoms with Crippen LogP contribution < -0.4 is 5.32 Å². The summed E-state index contributed by atoms with van der Waals surface area (Å²) in [6.45, 7) is 2.56. The third-order valence-corrected chi connectivity index (χ3v) is 3.48. The lowest BCUT2D eigenvalue weighted by molar-refractivity contribution is 0.537. The molecule has 21 heavy (non-hydrogen) atoms. The summed E-state index contributed by atoms with van der Waals surface area (Å²) in [7, 11) is 0. The van der Waals surface area contributed by atoms with Crippen molar-refractivity contribution in [3.63, 3.8) is 0 Å². The Morgan fingerprint density at radius 3 is 2.24 bits per heavy atom. The quantitative estimate of drug-likeness (QED) is 0.847. The molecule has 0 amide bonds. The van der Waals surface area contributed by atoms with Crippen LogP contribution in [-0.4, -0.2) is 6.54 Å². The minimum atomic E-state index is -0.620. The van der Waals surface area contributed by atoms with Gasteiger partial charge >= 0.3 is 0 Å². The van der Waals surface area contributed by atoms with Gasteiger partial charge in [-0.1, -0.05) is 24.6 Å². The monoisotopic (exact) mass is 313 g/mol. The van der Waals surface area contributed by atoms with Gasteiger partial charge in [0.1, 0.15) is 17.5 Å². The zero-order valence-corrected chi connectivity index (χ0v) is 12.2. The van der Waals surface area contributed by atoms with Crippen LogP contribution in [0.4, 0.5) is 13.2 Å². The number of halogens is 4. The Labute approximate surface area is 126 Å². The molecule has 1 unspecified atom stereocenters. The zero-order chi connectivity index (χ0) is 15.4. The topological polar surface area (TPSA) is 12.0 Å². The second kappa shape index (κ2) is 6.96. The van der Waals surface area contributed by atoms with Crippen LogP contribution in [0.3, 0.4) is 0 Å². The number of hydrogen-bond donors (Lipinski definition) is 1. The van der Waals surface area contributed by atoms with Crippen LogP contribution >= 0.6 is 11.6 Å². The van der Waals surface area contributed by atoms with E-state index in [0.717, 1.165) is 6.07 Å². The van der Waals surface area contributed by atoms with E-state index in [1.165, 1.54) is 24.3 Å². The van der Waals surface area contributed by atoms with E-state index in [4.69, 9.17) is 11.6 Å². The van der Waals surface area contributed by atoms with Crippen molar-refractivity contribution in [1.29, 1.82) is 0 Å². The molecule has 0 bridgehead atoms. The molecule has 0 aliphatic rings. The lowest BCUT2D eigenvalue weighted by Crippen LogP contribution is -2.23. The lowest BCUT2D eigenvalue weighted by atomic mass is 9.98. The van der Waals surface area contributed by atoms with Crippen LogP contribution in [0.5, 0.6) is 0 Å². The van der Waals surface area contributed by atoms with E-state index < -0.39 is 17.5 Å². The summed E-state index contributed by atoms with van der Waals surface area (Å²) < 4.78 is 39.7. The normalized spacial score (nSPS) is 12.4. The molecule has 2 aromatic rings. The summed E-state index contributed by atoms with van der Waals surface area (Å²) in [6, 6.07) is 7.28. The first-order chi connectivity index (χ1) is 9.99. The maximum absolute atomic E-state index is 13.3. The Bertz CT molecular complexity index is 611. The van der Waals surface area contributed by atoms with Gasteiger partial charge in [0.25, 0.3) is 0 Å². The molecule has 5 heteroatoms. The van der Waals surface area contributed by atoms with E-state index in [1.807, 2.05) is 6.92 Å². The minimum Gasteiger partial charge on any atom is -0.310 e. The van der Waals surface area contributed by atoms with Gasteiger partial charge in [0.05, 0.1) is 0 Å². The summed E-state index contributed by atoms with van der Waals surface area (Å²) in [5, 5.41) is 3.48. The van der Waals surface area contributed by atoms with E-state index in [9.17, 15) is 13.2 Å². The van der Waals surface area contributed by atoms with Crippen LogP contribution in [-0.2, 0) is 6.42 Å². The van der Waals surface area contributed by atoms with Crippen LogP contribution in [0.15, 0.2) is 36.4 Å². The molecule has 112 valence electrons. The largest absolute Gasteiger partial charge is 0.310 e. The molecular weight excluding hydrogens is 299 g/mol.